The van der Waals surface area contributed by atoms with Gasteiger partial charge in [0.1, 0.15) is 0 Å². The average Bonchev–Trinajstić information content (AvgIpc) is 3.03. The maximum Gasteiger partial charge on any atom is 0.306 e. The van der Waals surface area contributed by atoms with Gasteiger partial charge in [-0.3, -0.25) is 14.4 Å². The van der Waals surface area contributed by atoms with E-state index in [1.54, 1.807) is 13.8 Å². The maximum atomic E-state index is 17.3. The number of hydrogen-bond acceptors (Lipinski definition) is 5. The molecule has 0 bridgehead atoms. The van der Waals surface area contributed by atoms with E-state index < -0.39 is 76.0 Å². The number of alkyl halides is 2. The molecule has 3 fully saturated rings. The number of aliphatic hydroxyl groups excluding tert-OH is 1. The van der Waals surface area contributed by atoms with Crippen LogP contribution in [0.1, 0.15) is 72.6 Å². The summed E-state index contributed by atoms with van der Waals surface area (Å²) in [6.45, 7) is 5.48. The van der Waals surface area contributed by atoms with Gasteiger partial charge in [-0.25, -0.2) is 13.2 Å². The summed E-state index contributed by atoms with van der Waals surface area (Å²) < 4.78 is 51.9. The number of unbranched alkanes of at least 4 members (excludes halogenated alkanes) is 1. The highest BCUT2D eigenvalue weighted by Gasteiger charge is 2.77. The van der Waals surface area contributed by atoms with Crippen LogP contribution in [0.15, 0.2) is 23.6 Å². The first-order valence-electron chi connectivity index (χ1n) is 12.7. The van der Waals surface area contributed by atoms with E-state index in [-0.39, 0.29) is 31.3 Å². The molecule has 8 atom stereocenters. The van der Waals surface area contributed by atoms with Crippen LogP contribution in [0, 0.1) is 28.6 Å². The fraction of sp³-hybridized carbons (Fsp3) is 0.741. The molecule has 0 amide bonds. The Labute approximate surface area is 204 Å². The van der Waals surface area contributed by atoms with Gasteiger partial charge < -0.3 is 9.84 Å². The summed E-state index contributed by atoms with van der Waals surface area (Å²) in [6.07, 6.45) is 2.42. The monoisotopic (exact) mass is 496 g/mol. The van der Waals surface area contributed by atoms with Crippen molar-refractivity contribution >= 4 is 17.5 Å². The second-order valence-corrected chi connectivity index (χ2v) is 11.4. The topological polar surface area (TPSA) is 80.7 Å². The Hall–Kier alpha value is -1.96. The SMILES string of the molecule is CCCCC(=O)O[C@]1(C(=O)CF)[C@H](C)C[C@H]2[C@@H]3CCC4=C(F)C(=O)C=C[C@]4(C)[C@@]3(F)[C@@H](O)C[C@@]21C. The van der Waals surface area contributed by atoms with Crippen LogP contribution >= 0.6 is 0 Å². The van der Waals surface area contributed by atoms with Crippen LogP contribution in [-0.4, -0.2) is 46.7 Å². The van der Waals surface area contributed by atoms with Crippen molar-refractivity contribution in [2.75, 3.05) is 6.67 Å². The third kappa shape index (κ3) is 3.20. The Bertz CT molecular complexity index is 1010. The largest absolute Gasteiger partial charge is 0.450 e. The van der Waals surface area contributed by atoms with Gasteiger partial charge in [0.2, 0.25) is 11.6 Å². The molecule has 0 aliphatic heterocycles. The number of fused-ring (bicyclic) bond motifs is 5. The van der Waals surface area contributed by atoms with Crippen LogP contribution in [0.25, 0.3) is 0 Å². The number of rotatable bonds is 6. The van der Waals surface area contributed by atoms with Gasteiger partial charge in [-0.2, -0.15) is 0 Å². The zero-order valence-corrected chi connectivity index (χ0v) is 20.8. The molecule has 194 valence electrons. The molecule has 0 spiro atoms. The second-order valence-electron chi connectivity index (χ2n) is 11.4. The first-order chi connectivity index (χ1) is 16.3. The number of ketones is 2. The summed E-state index contributed by atoms with van der Waals surface area (Å²) in [7, 11) is 0. The lowest BCUT2D eigenvalue weighted by Crippen LogP contribution is -2.70. The summed E-state index contributed by atoms with van der Waals surface area (Å²) in [6, 6.07) is 0. The van der Waals surface area contributed by atoms with Crippen molar-refractivity contribution in [3.63, 3.8) is 0 Å². The fourth-order valence-electron chi connectivity index (χ4n) is 8.13. The molecule has 0 aromatic heterocycles. The molecule has 35 heavy (non-hydrogen) atoms. The first kappa shape index (κ1) is 26.1. The van der Waals surface area contributed by atoms with Crippen LogP contribution in [0.3, 0.4) is 0 Å². The van der Waals surface area contributed by atoms with Crippen molar-refractivity contribution in [3.8, 4) is 0 Å². The highest BCUT2D eigenvalue weighted by atomic mass is 19.1. The van der Waals surface area contributed by atoms with Gasteiger partial charge in [-0.15, -0.1) is 0 Å². The van der Waals surface area contributed by atoms with E-state index in [0.717, 1.165) is 12.5 Å². The Balaban J connectivity index is 1.82. The number of halogens is 3. The average molecular weight is 497 g/mol. The number of ether oxygens (including phenoxy) is 1. The van der Waals surface area contributed by atoms with Crippen molar-refractivity contribution in [1.29, 1.82) is 0 Å². The first-order valence-corrected chi connectivity index (χ1v) is 12.7. The van der Waals surface area contributed by atoms with E-state index in [9.17, 15) is 28.3 Å². The Morgan fingerprint density at radius 2 is 1.94 bits per heavy atom. The van der Waals surface area contributed by atoms with E-state index in [0.29, 0.717) is 12.8 Å². The predicted molar refractivity (Wildman–Crippen MR) is 122 cm³/mol. The summed E-state index contributed by atoms with van der Waals surface area (Å²) in [5.74, 6) is -5.17. The molecule has 4 rings (SSSR count). The van der Waals surface area contributed by atoms with Gasteiger partial charge in [0.15, 0.2) is 23.8 Å². The van der Waals surface area contributed by atoms with E-state index in [2.05, 4.69) is 0 Å². The normalized spacial score (nSPS) is 44.5. The predicted octanol–water partition coefficient (Wildman–Crippen LogP) is 4.91. The minimum absolute atomic E-state index is 0.0505. The molecule has 0 heterocycles. The molecular formula is C27H35F3O5. The zero-order chi connectivity index (χ0) is 26.0. The van der Waals surface area contributed by atoms with E-state index >= 15 is 4.39 Å². The lowest BCUT2D eigenvalue weighted by Gasteiger charge is -2.62. The number of carbonyl (C=O) groups excluding carboxylic acids is 3. The van der Waals surface area contributed by atoms with Gasteiger partial charge >= 0.3 is 5.97 Å². The zero-order valence-electron chi connectivity index (χ0n) is 20.8. The minimum atomic E-state index is -2.31. The van der Waals surface area contributed by atoms with Crippen LogP contribution in [-0.2, 0) is 19.1 Å². The van der Waals surface area contributed by atoms with Gasteiger partial charge in [0.05, 0.1) is 6.10 Å². The van der Waals surface area contributed by atoms with Crippen molar-refractivity contribution in [2.24, 2.45) is 28.6 Å². The summed E-state index contributed by atoms with van der Waals surface area (Å²) in [5, 5.41) is 11.4. The molecule has 8 heteroatoms. The summed E-state index contributed by atoms with van der Waals surface area (Å²) >= 11 is 0. The smallest absolute Gasteiger partial charge is 0.306 e. The van der Waals surface area contributed by atoms with Crippen LogP contribution in [0.5, 0.6) is 0 Å². The van der Waals surface area contributed by atoms with Crippen molar-refractivity contribution in [3.05, 3.63) is 23.6 Å². The van der Waals surface area contributed by atoms with Gasteiger partial charge in [0, 0.05) is 29.1 Å². The summed E-state index contributed by atoms with van der Waals surface area (Å²) in [4.78, 5) is 37.9. The number of hydrogen-bond donors (Lipinski definition) is 1. The van der Waals surface area contributed by atoms with Crippen LogP contribution in [0.2, 0.25) is 0 Å². The van der Waals surface area contributed by atoms with E-state index in [1.807, 2.05) is 6.92 Å². The minimum Gasteiger partial charge on any atom is -0.450 e. The molecule has 0 saturated heterocycles. The molecule has 4 aliphatic rings. The third-order valence-corrected chi connectivity index (χ3v) is 9.82. The fourth-order valence-corrected chi connectivity index (χ4v) is 8.13. The van der Waals surface area contributed by atoms with Crippen LogP contribution < -0.4 is 0 Å². The number of carbonyl (C=O) groups is 3. The molecule has 1 N–H and O–H groups in total. The van der Waals surface area contributed by atoms with Crippen molar-refractivity contribution < 1.29 is 37.4 Å². The third-order valence-electron chi connectivity index (χ3n) is 9.82. The molecule has 0 aromatic carbocycles. The second kappa shape index (κ2) is 8.56. The number of allylic oxidation sites excluding steroid dienone is 4. The maximum absolute atomic E-state index is 17.3. The molecule has 5 nitrogen and oxygen atoms in total. The van der Waals surface area contributed by atoms with Gasteiger partial charge in [-0.05, 0) is 56.6 Å². The van der Waals surface area contributed by atoms with Gasteiger partial charge in [-0.1, -0.05) is 33.3 Å². The molecule has 0 unspecified atom stereocenters. The Morgan fingerprint density at radius 3 is 2.57 bits per heavy atom. The van der Waals surface area contributed by atoms with E-state index in [1.165, 1.54) is 13.0 Å². The standard InChI is InChI=1S/C27H35F3O5/c1-5-6-7-22(34)35-27(21(33)14-28)15(2)12-18-16-8-9-17-23(29)19(31)10-11-24(17,3)26(16,30)20(32)13-25(18,27)4/h10-11,15-16,18,20,32H,5-9,12-14H2,1-4H3/t15-,16+,18+,20+,24+,25+,26+,27+/m1/s1. The number of esters is 1. The highest BCUT2D eigenvalue weighted by Crippen LogP contribution is 2.71. The number of Topliss-reactive ketones (excluding diaryl/α,β-unsaturated/α-hetero) is 1. The molecule has 0 aromatic rings. The molecular weight excluding hydrogens is 461 g/mol. The lowest BCUT2D eigenvalue weighted by molar-refractivity contribution is -0.228. The highest BCUT2D eigenvalue weighted by molar-refractivity contribution is 6.04. The molecule has 4 aliphatic carbocycles. The summed E-state index contributed by atoms with van der Waals surface area (Å²) in [5.41, 5.74) is -6.82. The van der Waals surface area contributed by atoms with Crippen molar-refractivity contribution in [2.45, 2.75) is 90.0 Å². The molecule has 3 saturated carbocycles. The number of aliphatic hydroxyl groups is 1. The van der Waals surface area contributed by atoms with Crippen LogP contribution in [0.4, 0.5) is 13.2 Å². The van der Waals surface area contributed by atoms with Gasteiger partial charge in [0.25, 0.3) is 0 Å². The lowest BCUT2D eigenvalue weighted by atomic mass is 9.44. The molecule has 0 radical (unpaired) electrons. The Morgan fingerprint density at radius 1 is 1.26 bits per heavy atom. The van der Waals surface area contributed by atoms with Crippen molar-refractivity contribution in [1.82, 2.24) is 0 Å². The quantitative estimate of drug-likeness (QED) is 0.529. The van der Waals surface area contributed by atoms with E-state index in [4.69, 9.17) is 4.74 Å². The Kier molecular flexibility index (Phi) is 6.39.